The van der Waals surface area contributed by atoms with E-state index in [0.717, 1.165) is 71.5 Å². The summed E-state index contributed by atoms with van der Waals surface area (Å²) in [4.78, 5) is 9.68. The fraction of sp³-hybridized carbons (Fsp3) is 0.261. The second kappa shape index (κ2) is 14.3. The molecule has 2 unspecified atom stereocenters. The van der Waals surface area contributed by atoms with E-state index in [-0.39, 0.29) is 7.25 Å². The van der Waals surface area contributed by atoms with Gasteiger partial charge in [-0.2, -0.15) is 0 Å². The number of hydrogen-bond acceptors (Lipinski definition) is 2. The molecule has 0 N–H and O–H groups in total. The number of benzene rings is 4. The van der Waals surface area contributed by atoms with Crippen LogP contribution >= 0.6 is 17.0 Å². The zero-order valence-corrected chi connectivity index (χ0v) is 35.8. The van der Waals surface area contributed by atoms with Crippen LogP contribution in [0.1, 0.15) is 81.9 Å². The third-order valence-electron chi connectivity index (χ3n) is 12.0. The van der Waals surface area contributed by atoms with Gasteiger partial charge in [-0.15, -0.1) is 0 Å². The maximum absolute atomic E-state index is 8.86. The topological polar surface area (TPSA) is 25.8 Å². The van der Waals surface area contributed by atoms with Gasteiger partial charge in [0, 0.05) is 0 Å². The molecule has 0 spiro atoms. The van der Waals surface area contributed by atoms with Crippen LogP contribution in [0.15, 0.2) is 121 Å². The van der Waals surface area contributed by atoms with Crippen LogP contribution in [0, 0.1) is 0 Å². The molecule has 0 saturated carbocycles. The fourth-order valence-electron chi connectivity index (χ4n) is 9.22. The molecule has 6 heteroatoms. The summed E-state index contributed by atoms with van der Waals surface area (Å²) in [6.45, 7) is 9.51. The van der Waals surface area contributed by atoms with Gasteiger partial charge in [-0.05, 0) is 0 Å². The maximum atomic E-state index is 8.86. The van der Waals surface area contributed by atoms with E-state index < -0.39 is 21.5 Å². The number of hydrogen-bond donors (Lipinski definition) is 0. The second-order valence-corrected chi connectivity index (χ2v) is 57.8. The quantitative estimate of drug-likeness (QED) is 0.122. The molecule has 2 aromatic heterocycles. The molecule has 0 aliphatic heterocycles. The van der Waals surface area contributed by atoms with E-state index in [9.17, 15) is 0 Å². The van der Waals surface area contributed by atoms with Gasteiger partial charge < -0.3 is 0 Å². The van der Waals surface area contributed by atoms with E-state index in [0.29, 0.717) is 0 Å². The second-order valence-electron chi connectivity index (χ2n) is 15.3. The van der Waals surface area contributed by atoms with Crippen molar-refractivity contribution in [3.8, 4) is 22.3 Å². The first-order chi connectivity index (χ1) is 25.2. The number of para-hydroxylation sites is 2. The van der Waals surface area contributed by atoms with Crippen molar-refractivity contribution in [3.05, 3.63) is 143 Å². The summed E-state index contributed by atoms with van der Waals surface area (Å²) >= 11 is -4.97. The Labute approximate surface area is 317 Å². The van der Waals surface area contributed by atoms with E-state index in [1.54, 1.807) is 0 Å². The average Bonchev–Trinajstić information content (AvgIpc) is 3.74. The third-order valence-corrected chi connectivity index (χ3v) is 63.8. The Morgan fingerprint density at radius 3 is 1.46 bits per heavy atom. The molecule has 2 aliphatic carbocycles. The molecular formula is C46H47Cl2N2SiZr. The van der Waals surface area contributed by atoms with E-state index in [4.69, 9.17) is 27.0 Å². The summed E-state index contributed by atoms with van der Waals surface area (Å²) in [6.07, 6.45) is 15.3. The van der Waals surface area contributed by atoms with Crippen molar-refractivity contribution in [2.45, 2.75) is 72.7 Å². The van der Waals surface area contributed by atoms with Crippen LogP contribution in [0.5, 0.6) is 0 Å². The van der Waals surface area contributed by atoms with Crippen molar-refractivity contribution >= 4 is 56.9 Å². The van der Waals surface area contributed by atoms with Gasteiger partial charge in [-0.3, -0.25) is 0 Å². The first kappa shape index (κ1) is 35.9. The molecule has 2 aliphatic rings. The predicted octanol–water partition coefficient (Wildman–Crippen LogP) is 14.1. The van der Waals surface area contributed by atoms with Crippen LogP contribution in [0.3, 0.4) is 0 Å². The number of nitrogens with zero attached hydrogens (tertiary/aromatic N) is 2. The van der Waals surface area contributed by atoms with Gasteiger partial charge in [0.05, 0.1) is 0 Å². The van der Waals surface area contributed by atoms with Gasteiger partial charge in [0.2, 0.25) is 0 Å². The van der Waals surface area contributed by atoms with E-state index in [1.165, 1.54) is 44.5 Å². The predicted molar refractivity (Wildman–Crippen MR) is 225 cm³/mol. The molecule has 0 fully saturated rings. The van der Waals surface area contributed by atoms with Crippen LogP contribution in [0.25, 0.3) is 56.2 Å². The standard InChI is InChI=1S/2C22H20N.C2H7Si.2ClH.Zr/c2*1-2-3-6-16-13-18-10-11-19(15-20(18)14-16)21-9-4-7-17-8-5-12-23-22(17)21;1-3-2;;;/h2*4-5,7-15H,2-3,6H2,1H3;3H,1-2H3;2*1H;/q;;;;;+2/p-2. The van der Waals surface area contributed by atoms with Crippen molar-refractivity contribution in [2.24, 2.45) is 0 Å². The van der Waals surface area contributed by atoms with Crippen LogP contribution in [0.4, 0.5) is 0 Å². The molecule has 263 valence electrons. The number of halogens is 2. The Morgan fingerprint density at radius 1 is 0.596 bits per heavy atom. The zero-order chi connectivity index (χ0) is 36.1. The van der Waals surface area contributed by atoms with Crippen LogP contribution < -0.4 is 0 Å². The molecule has 4 aromatic carbocycles. The normalized spacial score (nSPS) is 17.6. The average molecular weight is 818 g/mol. The molecule has 0 bridgehead atoms. The number of fused-ring (bicyclic) bond motifs is 4. The number of rotatable bonds is 11. The first-order valence-corrected chi connectivity index (χ1v) is 35.5. The van der Waals surface area contributed by atoms with Crippen LogP contribution in [-0.2, 0) is 15.6 Å². The van der Waals surface area contributed by atoms with Gasteiger partial charge in [0.25, 0.3) is 0 Å². The van der Waals surface area contributed by atoms with Gasteiger partial charge in [0.15, 0.2) is 0 Å². The summed E-state index contributed by atoms with van der Waals surface area (Å²) in [5, 5.41) is 2.30. The first-order valence-electron chi connectivity index (χ1n) is 19.2. The van der Waals surface area contributed by atoms with Crippen molar-refractivity contribution in [3.63, 3.8) is 0 Å². The molecule has 0 amide bonds. The van der Waals surface area contributed by atoms with Gasteiger partial charge in [0.1, 0.15) is 0 Å². The number of aromatic nitrogens is 2. The Bertz CT molecular complexity index is 2230. The van der Waals surface area contributed by atoms with Crippen LogP contribution in [-0.4, -0.2) is 15.9 Å². The minimum atomic E-state index is -4.97. The summed E-state index contributed by atoms with van der Waals surface area (Å²) < 4.78 is 0.120. The monoisotopic (exact) mass is 815 g/mol. The molecule has 0 radical (unpaired) electrons. The van der Waals surface area contributed by atoms with Gasteiger partial charge in [-0.25, -0.2) is 0 Å². The van der Waals surface area contributed by atoms with Crippen molar-refractivity contribution in [2.75, 3.05) is 0 Å². The Balaban J connectivity index is 1.34. The Hall–Kier alpha value is -3.14. The van der Waals surface area contributed by atoms with Crippen molar-refractivity contribution in [1.29, 1.82) is 0 Å². The zero-order valence-electron chi connectivity index (χ0n) is 30.7. The molecule has 52 heavy (non-hydrogen) atoms. The summed E-state index contributed by atoms with van der Waals surface area (Å²) in [5.74, 6) is -1.71. The van der Waals surface area contributed by atoms with Gasteiger partial charge >= 0.3 is 320 Å². The molecule has 2 atom stereocenters. The van der Waals surface area contributed by atoms with Crippen LogP contribution in [0.2, 0.25) is 13.1 Å². The summed E-state index contributed by atoms with van der Waals surface area (Å²) in [6, 6.07) is 35.4. The molecule has 2 heterocycles. The van der Waals surface area contributed by atoms with Gasteiger partial charge in [-0.1, -0.05) is 0 Å². The fourth-order valence-corrected chi connectivity index (χ4v) is 40.7. The Kier molecular flexibility index (Phi) is 9.83. The number of pyridine rings is 2. The number of allylic oxidation sites excluding steroid dienone is 2. The summed E-state index contributed by atoms with van der Waals surface area (Å²) in [5.41, 5.74) is 14.9. The Morgan fingerprint density at radius 2 is 1.04 bits per heavy atom. The van der Waals surface area contributed by atoms with E-state index >= 15 is 0 Å². The molecular weight excluding hydrogens is 771 g/mol. The van der Waals surface area contributed by atoms with E-state index in [1.807, 2.05) is 24.5 Å². The molecule has 2 nitrogen and oxygen atoms in total. The third kappa shape index (κ3) is 5.94. The molecule has 8 rings (SSSR count). The molecule has 0 saturated heterocycles. The minimum absolute atomic E-state index is 0.0599. The van der Waals surface area contributed by atoms with Crippen molar-refractivity contribution in [1.82, 2.24) is 9.97 Å². The SMILES string of the molecule is CCCCC1=Cc2ccc(-c3cccc4cccnc34)cc2[CH]1[Zr]([Cl])([Cl])([CH]1C(CCCC)=Cc2ccc(-c3cccc4cccnc34)cc21)[SiH](C)C. The van der Waals surface area contributed by atoms with E-state index in [2.05, 4.69) is 124 Å². The summed E-state index contributed by atoms with van der Waals surface area (Å²) in [7, 11) is 17.7. The van der Waals surface area contributed by atoms with Crippen molar-refractivity contribution < 1.29 is 15.6 Å². The number of unbranched alkanes of at least 4 members (excludes halogenated alkanes) is 2. The molecule has 6 aromatic rings.